The molecule has 2 rings (SSSR count). The molecular formula is C21H38N4O2. The van der Waals surface area contributed by atoms with Crippen LogP contribution in [0.3, 0.4) is 0 Å². The number of carbonyl (C=O) groups is 1. The zero-order valence-electron chi connectivity index (χ0n) is 17.2. The summed E-state index contributed by atoms with van der Waals surface area (Å²) in [5.74, 6) is 1.11. The van der Waals surface area contributed by atoms with Crippen LogP contribution >= 0.6 is 0 Å². The number of aliphatic hydroxyl groups is 1. The van der Waals surface area contributed by atoms with E-state index in [0.29, 0.717) is 18.3 Å². The van der Waals surface area contributed by atoms with Crippen molar-refractivity contribution < 1.29 is 9.90 Å². The number of nitrogens with one attached hydrogen (secondary N) is 3. The fourth-order valence-electron chi connectivity index (χ4n) is 4.02. The van der Waals surface area contributed by atoms with Crippen LogP contribution in [-0.4, -0.2) is 46.2 Å². The minimum Gasteiger partial charge on any atom is -0.391 e. The molecule has 6 heteroatoms. The molecule has 0 saturated heterocycles. The summed E-state index contributed by atoms with van der Waals surface area (Å²) in [6.45, 7) is 4.34. The molecule has 6 nitrogen and oxygen atoms in total. The van der Waals surface area contributed by atoms with Gasteiger partial charge in [-0.1, -0.05) is 46.0 Å². The highest BCUT2D eigenvalue weighted by Crippen LogP contribution is 2.28. The molecule has 154 valence electrons. The Labute approximate surface area is 163 Å². The van der Waals surface area contributed by atoms with Gasteiger partial charge in [0.2, 0.25) is 5.91 Å². The molecule has 1 saturated carbocycles. The second-order valence-electron chi connectivity index (χ2n) is 8.50. The number of likely N-dealkylation sites (N-methyl/N-ethyl adjacent to an activating group) is 1. The van der Waals surface area contributed by atoms with Crippen LogP contribution in [0.15, 0.2) is 12.5 Å². The number of amides is 1. The summed E-state index contributed by atoms with van der Waals surface area (Å²) >= 11 is 0. The molecule has 1 aromatic heterocycles. The summed E-state index contributed by atoms with van der Waals surface area (Å²) in [7, 11) is 1.79. The van der Waals surface area contributed by atoms with Crippen LogP contribution in [0.2, 0.25) is 0 Å². The maximum atomic E-state index is 12.9. The van der Waals surface area contributed by atoms with Gasteiger partial charge in [0.25, 0.3) is 0 Å². The molecule has 0 spiro atoms. The van der Waals surface area contributed by atoms with Crippen LogP contribution in [-0.2, 0) is 11.2 Å². The van der Waals surface area contributed by atoms with Crippen molar-refractivity contribution in [2.24, 2.45) is 11.8 Å². The number of nitrogens with zero attached hydrogens (tertiary/aromatic N) is 1. The minimum atomic E-state index is -0.485. The van der Waals surface area contributed by atoms with Gasteiger partial charge >= 0.3 is 0 Å². The molecule has 1 fully saturated rings. The van der Waals surface area contributed by atoms with Crippen molar-refractivity contribution in [1.29, 1.82) is 0 Å². The molecule has 2 unspecified atom stereocenters. The Balaban J connectivity index is 1.97. The lowest BCUT2D eigenvalue weighted by atomic mass is 9.83. The first-order chi connectivity index (χ1) is 13.0. The van der Waals surface area contributed by atoms with Crippen LogP contribution < -0.4 is 10.6 Å². The zero-order chi connectivity index (χ0) is 19.6. The maximum absolute atomic E-state index is 12.9. The molecular weight excluding hydrogens is 340 g/mol. The van der Waals surface area contributed by atoms with E-state index in [2.05, 4.69) is 34.4 Å². The first kappa shape index (κ1) is 21.9. The molecule has 1 aliphatic carbocycles. The summed E-state index contributed by atoms with van der Waals surface area (Å²) in [4.78, 5) is 20.0. The van der Waals surface area contributed by atoms with Gasteiger partial charge in [0.15, 0.2) is 0 Å². The van der Waals surface area contributed by atoms with E-state index in [1.54, 1.807) is 13.4 Å². The monoisotopic (exact) mass is 378 g/mol. The van der Waals surface area contributed by atoms with Crippen molar-refractivity contribution in [1.82, 2.24) is 20.6 Å². The van der Waals surface area contributed by atoms with Gasteiger partial charge in [-0.05, 0) is 38.1 Å². The van der Waals surface area contributed by atoms with Crippen LogP contribution in [0.4, 0.5) is 0 Å². The fraction of sp³-hybridized carbons (Fsp3) is 0.810. The predicted octanol–water partition coefficient (Wildman–Crippen LogP) is 2.79. The van der Waals surface area contributed by atoms with Crippen LogP contribution in [0.25, 0.3) is 0 Å². The summed E-state index contributed by atoms with van der Waals surface area (Å²) in [6.07, 6.45) is 12.4. The van der Waals surface area contributed by atoms with E-state index < -0.39 is 6.10 Å². The lowest BCUT2D eigenvalue weighted by molar-refractivity contribution is -0.124. The van der Waals surface area contributed by atoms with Gasteiger partial charge in [-0.25, -0.2) is 4.98 Å². The molecule has 1 aromatic rings. The SMILES string of the molecule is CN[C@@H](Cc1c[nH]cn1)C(=O)NC(CC1CCCCC1)C(O)CCC(C)C. The summed E-state index contributed by atoms with van der Waals surface area (Å²) in [6, 6.07) is -0.520. The predicted molar refractivity (Wildman–Crippen MR) is 108 cm³/mol. The maximum Gasteiger partial charge on any atom is 0.237 e. The van der Waals surface area contributed by atoms with E-state index in [1.165, 1.54) is 32.1 Å². The van der Waals surface area contributed by atoms with Crippen molar-refractivity contribution in [2.45, 2.75) is 89.8 Å². The van der Waals surface area contributed by atoms with E-state index in [0.717, 1.165) is 25.0 Å². The molecule has 1 amide bonds. The molecule has 1 aliphatic rings. The Bertz CT molecular complexity index is 526. The highest BCUT2D eigenvalue weighted by molar-refractivity contribution is 5.82. The average molecular weight is 379 g/mol. The first-order valence-electron chi connectivity index (χ1n) is 10.6. The summed E-state index contributed by atoms with van der Waals surface area (Å²) < 4.78 is 0. The number of carbonyl (C=O) groups excluding carboxylic acids is 1. The Morgan fingerprint density at radius 1 is 1.30 bits per heavy atom. The number of H-pyrrole nitrogens is 1. The van der Waals surface area contributed by atoms with Crippen LogP contribution in [0.1, 0.15) is 70.9 Å². The van der Waals surface area contributed by atoms with Crippen molar-refractivity contribution in [3.05, 3.63) is 18.2 Å². The molecule has 3 atom stereocenters. The van der Waals surface area contributed by atoms with Gasteiger partial charge in [-0.15, -0.1) is 0 Å². The Kier molecular flexibility index (Phi) is 9.28. The second-order valence-corrected chi connectivity index (χ2v) is 8.50. The van der Waals surface area contributed by atoms with Gasteiger partial charge in [0.05, 0.1) is 30.2 Å². The van der Waals surface area contributed by atoms with Crippen molar-refractivity contribution in [2.75, 3.05) is 7.05 Å². The quantitative estimate of drug-likeness (QED) is 0.477. The van der Waals surface area contributed by atoms with Crippen molar-refractivity contribution in [3.63, 3.8) is 0 Å². The third-order valence-corrected chi connectivity index (χ3v) is 5.78. The fourth-order valence-corrected chi connectivity index (χ4v) is 4.02. The summed E-state index contributed by atoms with van der Waals surface area (Å²) in [5.41, 5.74) is 0.855. The normalized spacial score (nSPS) is 19.0. The van der Waals surface area contributed by atoms with Crippen molar-refractivity contribution in [3.8, 4) is 0 Å². The number of rotatable bonds is 11. The highest BCUT2D eigenvalue weighted by atomic mass is 16.3. The number of imidazole rings is 1. The molecule has 27 heavy (non-hydrogen) atoms. The summed E-state index contributed by atoms with van der Waals surface area (Å²) in [5, 5.41) is 17.0. The molecule has 4 N–H and O–H groups in total. The number of aromatic nitrogens is 2. The average Bonchev–Trinajstić information content (AvgIpc) is 3.17. The lowest BCUT2D eigenvalue weighted by Gasteiger charge is -2.31. The number of aliphatic hydroxyl groups excluding tert-OH is 1. The molecule has 0 aromatic carbocycles. The van der Waals surface area contributed by atoms with Crippen LogP contribution in [0.5, 0.6) is 0 Å². The third kappa shape index (κ3) is 7.62. The van der Waals surface area contributed by atoms with Crippen molar-refractivity contribution >= 4 is 5.91 Å². The number of aromatic amines is 1. The van der Waals surface area contributed by atoms with Gasteiger partial charge in [0.1, 0.15) is 0 Å². The Morgan fingerprint density at radius 2 is 2.04 bits per heavy atom. The van der Waals surface area contributed by atoms with Gasteiger partial charge in [-0.3, -0.25) is 4.79 Å². The molecule has 0 bridgehead atoms. The smallest absolute Gasteiger partial charge is 0.237 e. The number of hydrogen-bond acceptors (Lipinski definition) is 4. The van der Waals surface area contributed by atoms with E-state index in [4.69, 9.17) is 0 Å². The van der Waals surface area contributed by atoms with E-state index in [1.807, 2.05) is 6.20 Å². The van der Waals surface area contributed by atoms with Gasteiger partial charge in [0, 0.05) is 12.6 Å². The van der Waals surface area contributed by atoms with E-state index in [9.17, 15) is 9.90 Å². The van der Waals surface area contributed by atoms with E-state index >= 15 is 0 Å². The lowest BCUT2D eigenvalue weighted by Crippen LogP contribution is -2.52. The van der Waals surface area contributed by atoms with E-state index in [-0.39, 0.29) is 18.0 Å². The highest BCUT2D eigenvalue weighted by Gasteiger charge is 2.28. The Hall–Kier alpha value is -1.40. The Morgan fingerprint density at radius 3 is 2.63 bits per heavy atom. The molecule has 1 heterocycles. The van der Waals surface area contributed by atoms with Gasteiger partial charge < -0.3 is 20.7 Å². The first-order valence-corrected chi connectivity index (χ1v) is 10.6. The minimum absolute atomic E-state index is 0.0510. The standard InChI is InChI=1S/C21H38N4O2/c1-15(2)9-10-20(26)18(11-16-7-5-4-6-8-16)25-21(27)19(22-3)12-17-13-23-14-24-17/h13-16,18-20,22,26H,4-12H2,1-3H3,(H,23,24)(H,25,27)/t18?,19-,20?/m0/s1. The topological polar surface area (TPSA) is 90.0 Å². The second kappa shape index (κ2) is 11.4. The zero-order valence-corrected chi connectivity index (χ0v) is 17.2. The molecule has 0 aliphatic heterocycles. The van der Waals surface area contributed by atoms with Crippen LogP contribution in [0, 0.1) is 11.8 Å². The largest absolute Gasteiger partial charge is 0.391 e. The van der Waals surface area contributed by atoms with Gasteiger partial charge in [-0.2, -0.15) is 0 Å². The molecule has 0 radical (unpaired) electrons. The third-order valence-electron chi connectivity index (χ3n) is 5.78. The number of hydrogen-bond donors (Lipinski definition) is 4.